The third-order valence-corrected chi connectivity index (χ3v) is 3.21. The van der Waals surface area contributed by atoms with Gasteiger partial charge in [0.05, 0.1) is 5.02 Å². The molecule has 1 N–H and O–H groups in total. The Kier molecular flexibility index (Phi) is 3.39. The molecule has 1 aliphatic heterocycles. The Bertz CT molecular complexity index is 362. The molecule has 2 rings (SSSR count). The molecule has 4 heteroatoms. The van der Waals surface area contributed by atoms with E-state index in [4.69, 9.17) is 23.2 Å². The highest BCUT2D eigenvalue weighted by molar-refractivity contribution is 6.35. The fourth-order valence-corrected chi connectivity index (χ4v) is 2.46. The summed E-state index contributed by atoms with van der Waals surface area (Å²) < 4.78 is 0. The van der Waals surface area contributed by atoms with E-state index in [1.165, 1.54) is 12.8 Å². The van der Waals surface area contributed by atoms with Crippen molar-refractivity contribution in [2.24, 2.45) is 0 Å². The van der Waals surface area contributed by atoms with Crippen LogP contribution in [0.4, 0.5) is 0 Å². The van der Waals surface area contributed by atoms with Gasteiger partial charge < -0.3 is 5.11 Å². The van der Waals surface area contributed by atoms with Gasteiger partial charge in [0.25, 0.3) is 0 Å². The molecule has 1 aromatic rings. The van der Waals surface area contributed by atoms with Gasteiger partial charge in [0.15, 0.2) is 0 Å². The molecule has 82 valence electrons. The van der Waals surface area contributed by atoms with Crippen molar-refractivity contribution < 1.29 is 5.11 Å². The van der Waals surface area contributed by atoms with Crippen LogP contribution in [0.5, 0.6) is 5.75 Å². The van der Waals surface area contributed by atoms with Crippen LogP contribution < -0.4 is 0 Å². The van der Waals surface area contributed by atoms with Gasteiger partial charge in [0.1, 0.15) is 5.75 Å². The first kappa shape index (κ1) is 11.1. The smallest absolute Gasteiger partial charge is 0.138 e. The molecule has 1 aromatic carbocycles. The second-order valence-electron chi connectivity index (χ2n) is 3.88. The van der Waals surface area contributed by atoms with E-state index in [9.17, 15) is 5.11 Å². The number of nitrogens with zero attached hydrogens (tertiary/aromatic N) is 1. The van der Waals surface area contributed by atoms with Crippen LogP contribution in [0.25, 0.3) is 0 Å². The van der Waals surface area contributed by atoms with Gasteiger partial charge in [-0.1, -0.05) is 23.2 Å². The van der Waals surface area contributed by atoms with Crippen molar-refractivity contribution in [2.75, 3.05) is 13.1 Å². The molecule has 15 heavy (non-hydrogen) atoms. The molecule has 1 fully saturated rings. The third-order valence-electron chi connectivity index (χ3n) is 2.70. The predicted octanol–water partition coefficient (Wildman–Crippen LogP) is 3.29. The minimum absolute atomic E-state index is 0.160. The largest absolute Gasteiger partial charge is 0.506 e. The quantitative estimate of drug-likeness (QED) is 0.865. The maximum absolute atomic E-state index is 9.77. The molecule has 0 atom stereocenters. The summed E-state index contributed by atoms with van der Waals surface area (Å²) in [4.78, 5) is 2.29. The van der Waals surface area contributed by atoms with Crippen molar-refractivity contribution >= 4 is 23.2 Å². The maximum Gasteiger partial charge on any atom is 0.138 e. The van der Waals surface area contributed by atoms with Gasteiger partial charge in [0.2, 0.25) is 0 Å². The first-order chi connectivity index (χ1) is 7.16. The molecule has 2 nitrogen and oxygen atoms in total. The molecule has 0 aliphatic carbocycles. The Balaban J connectivity index is 2.19. The number of rotatable bonds is 2. The minimum Gasteiger partial charge on any atom is -0.506 e. The third kappa shape index (κ3) is 2.57. The molecule has 0 saturated carbocycles. The van der Waals surface area contributed by atoms with E-state index < -0.39 is 0 Å². The molecule has 0 amide bonds. The second kappa shape index (κ2) is 4.60. The molecule has 0 unspecified atom stereocenters. The summed E-state index contributed by atoms with van der Waals surface area (Å²) >= 11 is 11.7. The number of hydrogen-bond acceptors (Lipinski definition) is 2. The number of phenolic OH excluding ortho intramolecular Hbond substituents is 1. The zero-order chi connectivity index (χ0) is 10.8. The van der Waals surface area contributed by atoms with Gasteiger partial charge in [-0.25, -0.2) is 0 Å². The van der Waals surface area contributed by atoms with Crippen LogP contribution in [0.1, 0.15) is 18.4 Å². The molecule has 1 saturated heterocycles. The Hall–Kier alpha value is -0.440. The number of phenols is 1. The first-order valence-corrected chi connectivity index (χ1v) is 5.81. The second-order valence-corrected chi connectivity index (χ2v) is 4.72. The monoisotopic (exact) mass is 245 g/mol. The van der Waals surface area contributed by atoms with E-state index in [0.29, 0.717) is 10.0 Å². The van der Waals surface area contributed by atoms with Gasteiger partial charge in [-0.05, 0) is 38.1 Å². The first-order valence-electron chi connectivity index (χ1n) is 5.06. The average Bonchev–Trinajstić information content (AvgIpc) is 2.66. The Morgan fingerprint density at radius 3 is 2.53 bits per heavy atom. The van der Waals surface area contributed by atoms with Crippen molar-refractivity contribution in [1.29, 1.82) is 0 Å². The molecule has 0 spiro atoms. The fourth-order valence-electron chi connectivity index (χ4n) is 1.92. The van der Waals surface area contributed by atoms with Crippen molar-refractivity contribution in [3.8, 4) is 5.75 Å². The van der Waals surface area contributed by atoms with Crippen molar-refractivity contribution in [2.45, 2.75) is 19.4 Å². The van der Waals surface area contributed by atoms with Gasteiger partial charge in [-0.2, -0.15) is 0 Å². The lowest BCUT2D eigenvalue weighted by atomic mass is 10.2. The minimum atomic E-state index is 0.160. The van der Waals surface area contributed by atoms with Crippen LogP contribution in [0.15, 0.2) is 12.1 Å². The van der Waals surface area contributed by atoms with Crippen LogP contribution in [-0.2, 0) is 6.54 Å². The van der Waals surface area contributed by atoms with Gasteiger partial charge in [-0.15, -0.1) is 0 Å². The average molecular weight is 246 g/mol. The van der Waals surface area contributed by atoms with Crippen molar-refractivity contribution in [3.63, 3.8) is 0 Å². The molecular weight excluding hydrogens is 233 g/mol. The zero-order valence-corrected chi connectivity index (χ0v) is 9.85. The van der Waals surface area contributed by atoms with Crippen LogP contribution in [0.3, 0.4) is 0 Å². The van der Waals surface area contributed by atoms with Crippen LogP contribution >= 0.6 is 23.2 Å². The summed E-state index contributed by atoms with van der Waals surface area (Å²) in [5, 5.41) is 10.7. The number of benzene rings is 1. The lowest BCUT2D eigenvalue weighted by Crippen LogP contribution is -2.18. The summed E-state index contributed by atoms with van der Waals surface area (Å²) in [5.74, 6) is 0.160. The Labute approximate surface area is 99.4 Å². The molecule has 0 aromatic heterocycles. The fraction of sp³-hybridized carbons (Fsp3) is 0.455. The molecule has 0 radical (unpaired) electrons. The van der Waals surface area contributed by atoms with E-state index >= 15 is 0 Å². The number of aromatic hydroxyl groups is 1. The van der Waals surface area contributed by atoms with E-state index in [-0.39, 0.29) is 5.75 Å². The maximum atomic E-state index is 9.77. The molecular formula is C11H13Cl2NO. The SMILES string of the molecule is Oc1c(Cl)cc(Cl)cc1CN1CCCC1. The topological polar surface area (TPSA) is 23.5 Å². The van der Waals surface area contributed by atoms with E-state index in [1.807, 2.05) is 0 Å². The summed E-state index contributed by atoms with van der Waals surface area (Å²) in [6.45, 7) is 2.90. The van der Waals surface area contributed by atoms with E-state index in [0.717, 1.165) is 25.2 Å². The predicted molar refractivity (Wildman–Crippen MR) is 62.6 cm³/mol. The standard InChI is InChI=1S/C11H13Cl2NO/c12-9-5-8(11(15)10(13)6-9)7-14-3-1-2-4-14/h5-6,15H,1-4,7H2. The molecule has 0 bridgehead atoms. The number of halogens is 2. The normalized spacial score (nSPS) is 17.2. The highest BCUT2D eigenvalue weighted by Crippen LogP contribution is 2.32. The Morgan fingerprint density at radius 2 is 1.87 bits per heavy atom. The summed E-state index contributed by atoms with van der Waals surface area (Å²) in [6.07, 6.45) is 2.46. The molecule has 1 aliphatic rings. The summed E-state index contributed by atoms with van der Waals surface area (Å²) in [5.41, 5.74) is 0.814. The molecule has 1 heterocycles. The van der Waals surface area contributed by atoms with Crippen molar-refractivity contribution in [1.82, 2.24) is 4.90 Å². The summed E-state index contributed by atoms with van der Waals surface area (Å²) in [7, 11) is 0. The van der Waals surface area contributed by atoms with E-state index in [1.54, 1.807) is 12.1 Å². The highest BCUT2D eigenvalue weighted by Gasteiger charge is 2.15. The van der Waals surface area contributed by atoms with Gasteiger partial charge >= 0.3 is 0 Å². The zero-order valence-electron chi connectivity index (χ0n) is 8.34. The lowest BCUT2D eigenvalue weighted by molar-refractivity contribution is 0.324. The van der Waals surface area contributed by atoms with E-state index in [2.05, 4.69) is 4.90 Å². The summed E-state index contributed by atoms with van der Waals surface area (Å²) in [6, 6.07) is 3.34. The van der Waals surface area contributed by atoms with Gasteiger partial charge in [-0.3, -0.25) is 4.90 Å². The number of likely N-dealkylation sites (tertiary alicyclic amines) is 1. The lowest BCUT2D eigenvalue weighted by Gasteiger charge is -2.16. The Morgan fingerprint density at radius 1 is 1.20 bits per heavy atom. The van der Waals surface area contributed by atoms with Crippen LogP contribution in [0, 0.1) is 0 Å². The van der Waals surface area contributed by atoms with Gasteiger partial charge in [0, 0.05) is 17.1 Å². The van der Waals surface area contributed by atoms with Crippen molar-refractivity contribution in [3.05, 3.63) is 27.7 Å². The van der Waals surface area contributed by atoms with Crippen LogP contribution in [-0.4, -0.2) is 23.1 Å². The highest BCUT2D eigenvalue weighted by atomic mass is 35.5. The number of hydrogen-bond donors (Lipinski definition) is 1. The van der Waals surface area contributed by atoms with Crippen LogP contribution in [0.2, 0.25) is 10.0 Å².